The summed E-state index contributed by atoms with van der Waals surface area (Å²) >= 11 is 10.8. The van der Waals surface area contributed by atoms with E-state index in [1.165, 1.54) is 24.3 Å². The Morgan fingerprint density at radius 2 is 1.71 bits per heavy atom. The summed E-state index contributed by atoms with van der Waals surface area (Å²) in [5, 5.41) is 0. The smallest absolute Gasteiger partial charge is 0.181 e. The number of halogens is 2. The van der Waals surface area contributed by atoms with Crippen molar-refractivity contribution in [3.05, 3.63) is 24.3 Å². The number of hydrogen-bond donors (Lipinski definition) is 1. The highest BCUT2D eigenvalue weighted by Gasteiger charge is 2.17. The molecule has 0 radical (unpaired) electrons. The van der Waals surface area contributed by atoms with E-state index in [0.29, 0.717) is 5.69 Å². The van der Waals surface area contributed by atoms with Crippen LogP contribution in [0.1, 0.15) is 0 Å². The fourth-order valence-corrected chi connectivity index (χ4v) is 3.01. The summed E-state index contributed by atoms with van der Waals surface area (Å²) < 4.78 is 23.1. The summed E-state index contributed by atoms with van der Waals surface area (Å²) in [7, 11) is -3.40. The van der Waals surface area contributed by atoms with Gasteiger partial charge in [-0.15, -0.1) is 23.2 Å². The van der Waals surface area contributed by atoms with Gasteiger partial charge in [0.05, 0.1) is 10.6 Å². The Bertz CT molecular complexity index is 400. The molecule has 1 aromatic rings. The van der Waals surface area contributed by atoms with Gasteiger partial charge in [-0.05, 0) is 24.3 Å². The molecule has 0 atom stereocenters. The quantitative estimate of drug-likeness (QED) is 0.661. The van der Waals surface area contributed by atoms with Gasteiger partial charge in [0.2, 0.25) is 0 Å². The van der Waals surface area contributed by atoms with Crippen molar-refractivity contribution in [3.8, 4) is 0 Å². The van der Waals surface area contributed by atoms with E-state index in [9.17, 15) is 8.42 Å². The van der Waals surface area contributed by atoms with Crippen LogP contribution in [-0.2, 0) is 9.84 Å². The van der Waals surface area contributed by atoms with Crippen LogP contribution in [0.2, 0.25) is 0 Å². The minimum absolute atomic E-state index is 0.179. The lowest BCUT2D eigenvalue weighted by molar-refractivity contribution is 0.597. The normalized spacial score (nSPS) is 11.9. The largest absolute Gasteiger partial charge is 0.399 e. The molecule has 0 heterocycles. The zero-order valence-electron chi connectivity index (χ0n) is 7.15. The van der Waals surface area contributed by atoms with Crippen molar-refractivity contribution in [2.45, 2.75) is 9.73 Å². The van der Waals surface area contributed by atoms with E-state index < -0.39 is 14.7 Å². The summed E-state index contributed by atoms with van der Waals surface area (Å²) in [6.07, 6.45) is 0. The van der Waals surface area contributed by atoms with Gasteiger partial charge in [0.25, 0.3) is 0 Å². The Labute approximate surface area is 92.7 Å². The van der Waals surface area contributed by atoms with E-state index >= 15 is 0 Å². The summed E-state index contributed by atoms with van der Waals surface area (Å²) in [6.45, 7) is 0. The number of rotatable bonds is 3. The molecule has 0 aliphatic heterocycles. The average molecular weight is 254 g/mol. The van der Waals surface area contributed by atoms with Gasteiger partial charge in [-0.2, -0.15) is 0 Å². The summed E-state index contributed by atoms with van der Waals surface area (Å²) in [5.41, 5.74) is 5.94. The first kappa shape index (κ1) is 11.6. The highest BCUT2D eigenvalue weighted by molar-refractivity contribution is 7.91. The monoisotopic (exact) mass is 253 g/mol. The zero-order valence-corrected chi connectivity index (χ0v) is 9.48. The van der Waals surface area contributed by atoms with Crippen molar-refractivity contribution in [2.75, 3.05) is 11.5 Å². The van der Waals surface area contributed by atoms with Crippen molar-refractivity contribution < 1.29 is 8.42 Å². The van der Waals surface area contributed by atoms with Crippen LogP contribution in [-0.4, -0.2) is 19.0 Å². The van der Waals surface area contributed by atoms with Gasteiger partial charge in [-0.25, -0.2) is 8.42 Å². The molecular weight excluding hydrogens is 245 g/mol. The molecule has 6 heteroatoms. The molecule has 3 nitrogen and oxygen atoms in total. The highest BCUT2D eigenvalue weighted by atomic mass is 35.5. The zero-order chi connectivity index (χ0) is 10.8. The number of hydrogen-bond acceptors (Lipinski definition) is 3. The lowest BCUT2D eigenvalue weighted by Crippen LogP contribution is -2.12. The van der Waals surface area contributed by atoms with Crippen molar-refractivity contribution in [2.24, 2.45) is 0 Å². The van der Waals surface area contributed by atoms with Crippen LogP contribution in [0.4, 0.5) is 5.69 Å². The lowest BCUT2D eigenvalue weighted by Gasteiger charge is -2.04. The number of benzene rings is 1. The molecule has 14 heavy (non-hydrogen) atoms. The van der Waals surface area contributed by atoms with Crippen LogP contribution in [0, 0.1) is 0 Å². The first-order valence-corrected chi connectivity index (χ1v) is 6.31. The van der Waals surface area contributed by atoms with Crippen LogP contribution < -0.4 is 5.73 Å². The predicted octanol–water partition coefficient (Wildman–Crippen LogP) is 1.85. The van der Waals surface area contributed by atoms with Crippen LogP contribution in [0.15, 0.2) is 29.2 Å². The van der Waals surface area contributed by atoms with Crippen LogP contribution in [0.5, 0.6) is 0 Å². The third-order valence-corrected chi connectivity index (χ3v) is 4.02. The number of nitrogen functional groups attached to an aromatic ring is 1. The molecule has 1 aromatic carbocycles. The van der Waals surface area contributed by atoms with Gasteiger partial charge in [-0.1, -0.05) is 0 Å². The third kappa shape index (κ3) is 3.04. The molecule has 0 saturated carbocycles. The average Bonchev–Trinajstić information content (AvgIpc) is 2.02. The summed E-state index contributed by atoms with van der Waals surface area (Å²) in [4.78, 5) is -0.740. The molecule has 78 valence electrons. The molecule has 0 bridgehead atoms. The Kier molecular flexibility index (Phi) is 3.64. The second-order valence-electron chi connectivity index (χ2n) is 2.74. The topological polar surface area (TPSA) is 60.2 Å². The van der Waals surface area contributed by atoms with E-state index in [1.54, 1.807) is 0 Å². The van der Waals surface area contributed by atoms with Gasteiger partial charge >= 0.3 is 0 Å². The van der Waals surface area contributed by atoms with Gasteiger partial charge in [0.1, 0.15) is 4.84 Å². The first-order valence-electron chi connectivity index (χ1n) is 3.78. The minimum atomic E-state index is -3.40. The van der Waals surface area contributed by atoms with E-state index in [1.807, 2.05) is 0 Å². The molecule has 2 N–H and O–H groups in total. The van der Waals surface area contributed by atoms with Crippen LogP contribution in [0.3, 0.4) is 0 Å². The Balaban J connectivity index is 2.99. The third-order valence-electron chi connectivity index (χ3n) is 1.58. The first-order chi connectivity index (χ1) is 6.42. The number of alkyl halides is 2. The van der Waals surface area contributed by atoms with Crippen molar-refractivity contribution in [1.82, 2.24) is 0 Å². The maximum absolute atomic E-state index is 11.5. The maximum Gasteiger partial charge on any atom is 0.181 e. The van der Waals surface area contributed by atoms with Crippen molar-refractivity contribution in [3.63, 3.8) is 0 Å². The Hall–Kier alpha value is -0.450. The summed E-state index contributed by atoms with van der Waals surface area (Å²) in [5.74, 6) is -0.292. The molecule has 0 aliphatic rings. The second-order valence-corrected chi connectivity index (χ2v) is 6.05. The SMILES string of the molecule is Nc1ccc(S(=O)(=O)CC(Cl)Cl)cc1. The van der Waals surface area contributed by atoms with Gasteiger partial charge < -0.3 is 5.73 Å². The highest BCUT2D eigenvalue weighted by Crippen LogP contribution is 2.16. The number of sulfone groups is 1. The molecule has 0 aromatic heterocycles. The fourth-order valence-electron chi connectivity index (χ4n) is 0.937. The van der Waals surface area contributed by atoms with Crippen molar-refractivity contribution in [1.29, 1.82) is 0 Å². The van der Waals surface area contributed by atoms with Crippen LogP contribution >= 0.6 is 23.2 Å². The predicted molar refractivity (Wildman–Crippen MR) is 58.4 cm³/mol. The number of nitrogens with two attached hydrogens (primary N) is 1. The lowest BCUT2D eigenvalue weighted by atomic mass is 10.3. The molecule has 0 saturated heterocycles. The molecule has 0 unspecified atom stereocenters. The number of anilines is 1. The Morgan fingerprint density at radius 1 is 1.21 bits per heavy atom. The van der Waals surface area contributed by atoms with Crippen molar-refractivity contribution >= 4 is 38.7 Å². The molecule has 1 rings (SSSR count). The standard InChI is InChI=1S/C8H9Cl2NO2S/c9-8(10)5-14(12,13)7-3-1-6(11)2-4-7/h1-4,8H,5,11H2. The fraction of sp³-hybridized carbons (Fsp3) is 0.250. The van der Waals surface area contributed by atoms with E-state index in [4.69, 9.17) is 28.9 Å². The van der Waals surface area contributed by atoms with E-state index in [-0.39, 0.29) is 10.6 Å². The second kappa shape index (κ2) is 4.38. The van der Waals surface area contributed by atoms with Gasteiger partial charge in [-0.3, -0.25) is 0 Å². The van der Waals surface area contributed by atoms with Crippen LogP contribution in [0.25, 0.3) is 0 Å². The minimum Gasteiger partial charge on any atom is -0.399 e. The molecule has 0 fully saturated rings. The summed E-state index contributed by atoms with van der Waals surface area (Å²) in [6, 6.07) is 5.90. The maximum atomic E-state index is 11.5. The van der Waals surface area contributed by atoms with Gasteiger partial charge in [0.15, 0.2) is 9.84 Å². The van der Waals surface area contributed by atoms with Gasteiger partial charge in [0, 0.05) is 5.69 Å². The van der Waals surface area contributed by atoms with E-state index in [2.05, 4.69) is 0 Å². The molecular formula is C8H9Cl2NO2S. The Morgan fingerprint density at radius 3 is 2.14 bits per heavy atom. The molecule has 0 aliphatic carbocycles. The molecule has 0 spiro atoms. The molecule has 0 amide bonds. The van der Waals surface area contributed by atoms with E-state index in [0.717, 1.165) is 0 Å².